The minimum absolute atomic E-state index is 0.157. The second-order valence-electron chi connectivity index (χ2n) is 3.68. The van der Waals surface area contributed by atoms with Crippen molar-refractivity contribution in [3.8, 4) is 12.3 Å². The maximum atomic E-state index is 10.8. The molecule has 0 bridgehead atoms. The number of fused-ring (bicyclic) bond motifs is 1. The van der Waals surface area contributed by atoms with Crippen molar-refractivity contribution in [3.63, 3.8) is 0 Å². The fraction of sp³-hybridized carbons (Fsp3) is 0.154. The highest BCUT2D eigenvalue weighted by Gasteiger charge is 2.12. The first-order valence-corrected chi connectivity index (χ1v) is 5.32. The number of hydrogen-bond acceptors (Lipinski definition) is 4. The third-order valence-electron chi connectivity index (χ3n) is 2.37. The highest BCUT2D eigenvalue weighted by molar-refractivity contribution is 5.79. The van der Waals surface area contributed by atoms with E-state index in [9.17, 15) is 4.79 Å². The van der Waals surface area contributed by atoms with E-state index in [1.807, 2.05) is 24.3 Å². The second-order valence-corrected chi connectivity index (χ2v) is 3.68. The van der Waals surface area contributed by atoms with Crippen LogP contribution in [0.2, 0.25) is 0 Å². The Morgan fingerprint density at radius 3 is 2.94 bits per heavy atom. The lowest BCUT2D eigenvalue weighted by Crippen LogP contribution is -2.31. The van der Waals surface area contributed by atoms with Crippen LogP contribution in [0.15, 0.2) is 30.5 Å². The zero-order valence-electron chi connectivity index (χ0n) is 9.58. The quantitative estimate of drug-likeness (QED) is 0.813. The van der Waals surface area contributed by atoms with Crippen molar-refractivity contribution in [2.24, 2.45) is 0 Å². The van der Waals surface area contributed by atoms with E-state index in [0.29, 0.717) is 5.95 Å². The molecular formula is C13H11N3O2. The molecule has 0 aliphatic rings. The maximum absolute atomic E-state index is 10.8. The first kappa shape index (κ1) is 11.9. The number of terminal acetylenes is 1. The van der Waals surface area contributed by atoms with Crippen molar-refractivity contribution in [3.05, 3.63) is 30.5 Å². The van der Waals surface area contributed by atoms with Gasteiger partial charge in [0.2, 0.25) is 5.95 Å². The van der Waals surface area contributed by atoms with Crippen molar-refractivity contribution < 1.29 is 9.90 Å². The number of aromatic nitrogens is 2. The van der Waals surface area contributed by atoms with Gasteiger partial charge in [0.1, 0.15) is 6.54 Å². The van der Waals surface area contributed by atoms with Gasteiger partial charge in [0.05, 0.1) is 12.1 Å². The number of nitrogens with zero attached hydrogens (tertiary/aromatic N) is 3. The summed E-state index contributed by atoms with van der Waals surface area (Å²) in [4.78, 5) is 20.6. The number of benzene rings is 1. The highest BCUT2D eigenvalue weighted by Crippen LogP contribution is 2.14. The molecule has 1 N–H and O–H groups in total. The van der Waals surface area contributed by atoms with Gasteiger partial charge in [-0.1, -0.05) is 24.1 Å². The first-order valence-electron chi connectivity index (χ1n) is 5.32. The minimum atomic E-state index is -0.970. The molecule has 0 saturated heterocycles. The molecule has 0 atom stereocenters. The molecule has 2 aromatic rings. The van der Waals surface area contributed by atoms with Crippen LogP contribution in [0.4, 0.5) is 5.95 Å². The van der Waals surface area contributed by atoms with Crippen LogP contribution in [0, 0.1) is 12.3 Å². The zero-order chi connectivity index (χ0) is 13.0. The van der Waals surface area contributed by atoms with Gasteiger partial charge in [0, 0.05) is 11.6 Å². The Labute approximate surface area is 104 Å². The van der Waals surface area contributed by atoms with Gasteiger partial charge in [-0.05, 0) is 6.07 Å². The molecule has 5 nitrogen and oxygen atoms in total. The molecule has 90 valence electrons. The third kappa shape index (κ3) is 2.55. The minimum Gasteiger partial charge on any atom is -0.480 e. The van der Waals surface area contributed by atoms with Crippen LogP contribution in [0.3, 0.4) is 0 Å². The van der Waals surface area contributed by atoms with E-state index in [0.717, 1.165) is 10.9 Å². The topological polar surface area (TPSA) is 66.3 Å². The number of carboxylic acids is 1. The Bertz CT molecular complexity index is 619. The molecule has 0 fully saturated rings. The lowest BCUT2D eigenvalue weighted by Gasteiger charge is -2.17. The average Bonchev–Trinajstić information content (AvgIpc) is 2.37. The van der Waals surface area contributed by atoms with Gasteiger partial charge in [0.15, 0.2) is 0 Å². The van der Waals surface area contributed by atoms with Crippen LogP contribution < -0.4 is 4.90 Å². The number of carbonyl (C=O) groups is 1. The molecular weight excluding hydrogens is 230 g/mol. The third-order valence-corrected chi connectivity index (χ3v) is 2.37. The van der Waals surface area contributed by atoms with E-state index in [-0.39, 0.29) is 13.1 Å². The molecule has 1 aromatic carbocycles. The van der Waals surface area contributed by atoms with Crippen molar-refractivity contribution >= 4 is 22.8 Å². The Balaban J connectivity index is 2.38. The molecule has 0 radical (unpaired) electrons. The van der Waals surface area contributed by atoms with E-state index in [1.54, 1.807) is 6.20 Å². The summed E-state index contributed by atoms with van der Waals surface area (Å²) >= 11 is 0. The van der Waals surface area contributed by atoms with Crippen LogP contribution in [0.25, 0.3) is 10.9 Å². The molecule has 0 aliphatic heterocycles. The second kappa shape index (κ2) is 5.15. The van der Waals surface area contributed by atoms with Gasteiger partial charge in [-0.2, -0.15) is 0 Å². The van der Waals surface area contributed by atoms with Crippen molar-refractivity contribution in [1.82, 2.24) is 9.97 Å². The van der Waals surface area contributed by atoms with Crippen molar-refractivity contribution in [2.45, 2.75) is 0 Å². The Morgan fingerprint density at radius 2 is 2.22 bits per heavy atom. The van der Waals surface area contributed by atoms with E-state index in [4.69, 9.17) is 11.5 Å². The van der Waals surface area contributed by atoms with Gasteiger partial charge in [-0.3, -0.25) is 4.79 Å². The summed E-state index contributed by atoms with van der Waals surface area (Å²) in [5.74, 6) is 1.76. The van der Waals surface area contributed by atoms with Crippen LogP contribution >= 0.6 is 0 Å². The lowest BCUT2D eigenvalue weighted by molar-refractivity contribution is -0.135. The molecule has 1 heterocycles. The zero-order valence-corrected chi connectivity index (χ0v) is 9.58. The lowest BCUT2D eigenvalue weighted by atomic mass is 10.2. The average molecular weight is 241 g/mol. The first-order chi connectivity index (χ1) is 8.70. The number of hydrogen-bond donors (Lipinski definition) is 1. The summed E-state index contributed by atoms with van der Waals surface area (Å²) in [6.07, 6.45) is 6.87. The summed E-state index contributed by atoms with van der Waals surface area (Å²) in [6, 6.07) is 7.49. The van der Waals surface area contributed by atoms with Crippen LogP contribution in [-0.2, 0) is 4.79 Å². The molecule has 1 aromatic heterocycles. The number of aliphatic carboxylic acids is 1. The van der Waals surface area contributed by atoms with Crippen LogP contribution in [0.1, 0.15) is 0 Å². The van der Waals surface area contributed by atoms with Crippen molar-refractivity contribution in [1.29, 1.82) is 0 Å². The Hall–Kier alpha value is -2.61. The molecule has 0 saturated carbocycles. The molecule has 5 heteroatoms. The van der Waals surface area contributed by atoms with E-state index < -0.39 is 5.97 Å². The smallest absolute Gasteiger partial charge is 0.323 e. The molecule has 0 unspecified atom stereocenters. The normalized spacial score (nSPS) is 9.94. The number of para-hydroxylation sites is 1. The summed E-state index contributed by atoms with van der Waals surface area (Å²) in [7, 11) is 0. The van der Waals surface area contributed by atoms with Gasteiger partial charge in [0.25, 0.3) is 0 Å². The monoisotopic (exact) mass is 241 g/mol. The van der Waals surface area contributed by atoms with E-state index in [1.165, 1.54) is 4.90 Å². The number of rotatable bonds is 4. The predicted molar refractivity (Wildman–Crippen MR) is 68.2 cm³/mol. The van der Waals surface area contributed by atoms with Crippen molar-refractivity contribution in [2.75, 3.05) is 18.0 Å². The number of carboxylic acid groups (broad SMARTS) is 1. The highest BCUT2D eigenvalue weighted by atomic mass is 16.4. The molecule has 0 spiro atoms. The molecule has 0 amide bonds. The van der Waals surface area contributed by atoms with Gasteiger partial charge in [-0.25, -0.2) is 9.97 Å². The summed E-state index contributed by atoms with van der Waals surface area (Å²) in [5, 5.41) is 9.72. The summed E-state index contributed by atoms with van der Waals surface area (Å²) in [6.45, 7) is -0.0623. The fourth-order valence-electron chi connectivity index (χ4n) is 1.59. The Kier molecular flexibility index (Phi) is 3.39. The van der Waals surface area contributed by atoms with E-state index in [2.05, 4.69) is 15.9 Å². The van der Waals surface area contributed by atoms with Gasteiger partial charge >= 0.3 is 5.97 Å². The van der Waals surface area contributed by atoms with Gasteiger partial charge < -0.3 is 10.0 Å². The fourth-order valence-corrected chi connectivity index (χ4v) is 1.59. The molecule has 18 heavy (non-hydrogen) atoms. The standard InChI is InChI=1S/C13H11N3O2/c1-2-7-16(9-12(17)18)13-14-8-10-5-3-4-6-11(10)15-13/h1,3-6,8H,7,9H2,(H,17,18). The molecule has 0 aliphatic carbocycles. The van der Waals surface area contributed by atoms with Crippen LogP contribution in [-0.4, -0.2) is 34.1 Å². The SMILES string of the molecule is C#CCN(CC(=O)O)c1ncc2ccccc2n1. The Morgan fingerprint density at radius 1 is 1.44 bits per heavy atom. The predicted octanol–water partition coefficient (Wildman–Crippen LogP) is 1.15. The summed E-state index contributed by atoms with van der Waals surface area (Å²) < 4.78 is 0. The van der Waals surface area contributed by atoms with Gasteiger partial charge in [-0.15, -0.1) is 6.42 Å². The molecule has 2 rings (SSSR count). The largest absolute Gasteiger partial charge is 0.480 e. The summed E-state index contributed by atoms with van der Waals surface area (Å²) in [5.41, 5.74) is 0.759. The maximum Gasteiger partial charge on any atom is 0.323 e. The van der Waals surface area contributed by atoms with Crippen LogP contribution in [0.5, 0.6) is 0 Å². The van der Waals surface area contributed by atoms with E-state index >= 15 is 0 Å². The number of anilines is 1.